The molecule has 0 aromatic heterocycles. The van der Waals surface area contributed by atoms with Gasteiger partial charge in [0.05, 0.1) is 0 Å². The van der Waals surface area contributed by atoms with Gasteiger partial charge in [-0.15, -0.1) is 0 Å². The van der Waals surface area contributed by atoms with Gasteiger partial charge in [0.15, 0.2) is 0 Å². The second kappa shape index (κ2) is 11.5. The van der Waals surface area contributed by atoms with Crippen molar-refractivity contribution in [2.75, 3.05) is 0 Å². The number of aliphatic hydroxyl groups is 1. The summed E-state index contributed by atoms with van der Waals surface area (Å²) in [5.74, 6) is 0. The molecule has 34 heavy (non-hydrogen) atoms. The van der Waals surface area contributed by atoms with E-state index in [0.717, 1.165) is 33.2 Å². The first-order chi connectivity index (χ1) is 16.4. The molecule has 2 nitrogen and oxygen atoms in total. The summed E-state index contributed by atoms with van der Waals surface area (Å²) in [5, 5.41) is 12.2. The van der Waals surface area contributed by atoms with Gasteiger partial charge in [0.2, 0.25) is 0 Å². The largest absolute Gasteiger partial charge is 0.380 e. The number of hydrogen-bond acceptors (Lipinski definition) is 2. The Kier molecular flexibility index (Phi) is 8.38. The van der Waals surface area contributed by atoms with Crippen molar-refractivity contribution in [2.45, 2.75) is 38.1 Å². The summed E-state index contributed by atoms with van der Waals surface area (Å²) in [6.07, 6.45) is 0.565. The molecule has 0 aliphatic carbocycles. The molecular weight excluding hydrogens is 550 g/mol. The third-order valence-electron chi connectivity index (χ3n) is 6.31. The highest BCUT2D eigenvalue weighted by atomic mass is 79.9. The Labute approximate surface area is 219 Å². The van der Waals surface area contributed by atoms with E-state index in [1.54, 1.807) is 0 Å². The molecule has 0 fully saturated rings. The first-order valence-electron chi connectivity index (χ1n) is 11.5. The molecule has 4 rings (SSSR count). The van der Waals surface area contributed by atoms with E-state index < -0.39 is 5.60 Å². The lowest BCUT2D eigenvalue weighted by Crippen LogP contribution is -2.40. The molecule has 0 heterocycles. The lowest BCUT2D eigenvalue weighted by Gasteiger charge is -2.37. The fourth-order valence-electron chi connectivity index (χ4n) is 4.41. The van der Waals surface area contributed by atoms with Gasteiger partial charge in [-0.25, -0.2) is 0 Å². The topological polar surface area (TPSA) is 23.5 Å². The van der Waals surface area contributed by atoms with Crippen LogP contribution in [0.25, 0.3) is 0 Å². The van der Waals surface area contributed by atoms with Crippen molar-refractivity contribution in [2.24, 2.45) is 0 Å². The Morgan fingerprint density at radius 2 is 1.03 bits per heavy atom. The van der Waals surface area contributed by atoms with E-state index in [-0.39, 0.29) is 6.04 Å². The molecule has 0 saturated heterocycles. The van der Waals surface area contributed by atoms with E-state index in [1.807, 2.05) is 60.7 Å². The summed E-state index contributed by atoms with van der Waals surface area (Å²) in [6, 6.07) is 37.2. The minimum atomic E-state index is -1.12. The number of rotatable bonds is 9. The lowest BCUT2D eigenvalue weighted by atomic mass is 9.81. The second-order valence-electron chi connectivity index (χ2n) is 8.80. The van der Waals surface area contributed by atoms with Crippen molar-refractivity contribution in [1.82, 2.24) is 4.90 Å². The fourth-order valence-corrected chi connectivity index (χ4v) is 4.94. The molecule has 4 heteroatoms. The molecule has 0 radical (unpaired) electrons. The van der Waals surface area contributed by atoms with Crippen molar-refractivity contribution in [1.29, 1.82) is 0 Å². The lowest BCUT2D eigenvalue weighted by molar-refractivity contribution is 0.0325. The Morgan fingerprint density at radius 1 is 0.647 bits per heavy atom. The zero-order valence-corrected chi connectivity index (χ0v) is 22.4. The Morgan fingerprint density at radius 3 is 1.41 bits per heavy atom. The molecule has 0 unspecified atom stereocenters. The zero-order valence-electron chi connectivity index (χ0n) is 19.2. The summed E-state index contributed by atoms with van der Waals surface area (Å²) < 4.78 is 1.99. The van der Waals surface area contributed by atoms with Crippen molar-refractivity contribution < 1.29 is 5.11 Å². The Hall–Kier alpha value is -2.24. The number of halogens is 2. The molecule has 1 N–H and O–H groups in total. The summed E-state index contributed by atoms with van der Waals surface area (Å²) >= 11 is 7.06. The number of hydrogen-bond donors (Lipinski definition) is 1. The molecule has 0 spiro atoms. The van der Waals surface area contributed by atoms with E-state index in [9.17, 15) is 5.11 Å². The molecule has 0 bridgehead atoms. The van der Waals surface area contributed by atoms with Crippen LogP contribution in [-0.4, -0.2) is 16.0 Å². The van der Waals surface area contributed by atoms with E-state index in [2.05, 4.69) is 92.2 Å². The first-order valence-corrected chi connectivity index (χ1v) is 13.1. The third kappa shape index (κ3) is 6.25. The third-order valence-corrected chi connectivity index (χ3v) is 7.37. The van der Waals surface area contributed by atoms with Gasteiger partial charge < -0.3 is 5.11 Å². The Bertz CT molecular complexity index is 1080. The minimum Gasteiger partial charge on any atom is -0.380 e. The van der Waals surface area contributed by atoms with Gasteiger partial charge in [-0.2, -0.15) is 0 Å². The average Bonchev–Trinajstić information content (AvgIpc) is 2.85. The second-order valence-corrected chi connectivity index (χ2v) is 10.6. The molecular formula is C30H29Br2NO. The predicted molar refractivity (Wildman–Crippen MR) is 147 cm³/mol. The van der Waals surface area contributed by atoms with Gasteiger partial charge in [-0.1, -0.05) is 117 Å². The molecule has 1 atom stereocenters. The maximum Gasteiger partial charge on any atom is 0.116 e. The minimum absolute atomic E-state index is 0.109. The SMILES string of the molecule is C[C@@H](CC(O)(c1ccc(Br)cc1)c1ccc(Br)cc1)N(Cc1ccccc1)Cc1ccccc1. The van der Waals surface area contributed by atoms with Gasteiger partial charge in [-0.05, 0) is 59.9 Å². The van der Waals surface area contributed by atoms with E-state index in [0.29, 0.717) is 6.42 Å². The summed E-state index contributed by atoms with van der Waals surface area (Å²) in [7, 11) is 0. The molecule has 174 valence electrons. The van der Waals surface area contributed by atoms with Gasteiger partial charge in [0.1, 0.15) is 5.60 Å². The van der Waals surface area contributed by atoms with Crippen LogP contribution in [-0.2, 0) is 18.7 Å². The van der Waals surface area contributed by atoms with E-state index in [4.69, 9.17) is 0 Å². The molecule has 0 aliphatic rings. The summed E-state index contributed by atoms with van der Waals surface area (Å²) in [6.45, 7) is 3.84. The molecule has 0 saturated carbocycles. The quantitative estimate of drug-likeness (QED) is 0.218. The zero-order chi connectivity index (χ0) is 24.0. The van der Waals surface area contributed by atoms with Crippen LogP contribution in [0.3, 0.4) is 0 Å². The van der Waals surface area contributed by atoms with Crippen LogP contribution in [0.15, 0.2) is 118 Å². The highest BCUT2D eigenvalue weighted by Gasteiger charge is 2.35. The molecule has 4 aromatic rings. The van der Waals surface area contributed by atoms with Crippen LogP contribution in [0, 0.1) is 0 Å². The first kappa shape index (κ1) is 24.9. The van der Waals surface area contributed by atoms with E-state index in [1.165, 1.54) is 11.1 Å². The average molecular weight is 579 g/mol. The van der Waals surface area contributed by atoms with Crippen LogP contribution in [0.5, 0.6) is 0 Å². The van der Waals surface area contributed by atoms with Crippen LogP contribution >= 0.6 is 31.9 Å². The van der Waals surface area contributed by atoms with Gasteiger partial charge in [0.25, 0.3) is 0 Å². The molecule has 0 amide bonds. The van der Waals surface area contributed by atoms with Crippen molar-refractivity contribution in [3.63, 3.8) is 0 Å². The molecule has 4 aromatic carbocycles. The number of nitrogens with zero attached hydrogens (tertiary/aromatic N) is 1. The smallest absolute Gasteiger partial charge is 0.116 e. The van der Waals surface area contributed by atoms with Crippen molar-refractivity contribution in [3.8, 4) is 0 Å². The van der Waals surface area contributed by atoms with Crippen LogP contribution in [0.4, 0.5) is 0 Å². The highest BCUT2D eigenvalue weighted by molar-refractivity contribution is 9.10. The van der Waals surface area contributed by atoms with Crippen LogP contribution in [0.1, 0.15) is 35.6 Å². The maximum absolute atomic E-state index is 12.2. The number of benzene rings is 4. The monoisotopic (exact) mass is 577 g/mol. The van der Waals surface area contributed by atoms with Crippen molar-refractivity contribution in [3.05, 3.63) is 140 Å². The van der Waals surface area contributed by atoms with Gasteiger partial charge in [0, 0.05) is 28.1 Å². The van der Waals surface area contributed by atoms with Gasteiger partial charge >= 0.3 is 0 Å². The molecule has 0 aliphatic heterocycles. The summed E-state index contributed by atoms with van der Waals surface area (Å²) in [5.41, 5.74) is 3.20. The predicted octanol–water partition coefficient (Wildman–Crippen LogP) is 7.93. The van der Waals surface area contributed by atoms with Gasteiger partial charge in [-0.3, -0.25) is 4.90 Å². The van der Waals surface area contributed by atoms with Crippen LogP contribution < -0.4 is 0 Å². The maximum atomic E-state index is 12.2. The highest BCUT2D eigenvalue weighted by Crippen LogP contribution is 2.37. The fraction of sp³-hybridized carbons (Fsp3) is 0.200. The van der Waals surface area contributed by atoms with Crippen molar-refractivity contribution >= 4 is 31.9 Å². The summed E-state index contributed by atoms with van der Waals surface area (Å²) in [4.78, 5) is 2.45. The van der Waals surface area contributed by atoms with Crippen LogP contribution in [0.2, 0.25) is 0 Å². The van der Waals surface area contributed by atoms with E-state index >= 15 is 0 Å². The normalized spacial score (nSPS) is 12.6. The standard InChI is InChI=1S/C30H29Br2NO/c1-23(33(21-24-8-4-2-5-9-24)22-25-10-6-3-7-11-25)20-30(34,26-12-16-28(31)17-13-26)27-14-18-29(32)19-15-27/h2-19,23,34H,20-22H2,1H3/t23-/m0/s1. The Balaban J connectivity index is 1.68.